The van der Waals surface area contributed by atoms with Gasteiger partial charge in [-0.1, -0.05) is 48.3 Å². The Labute approximate surface area is 189 Å². The van der Waals surface area contributed by atoms with Crippen molar-refractivity contribution in [2.75, 3.05) is 12.4 Å². The van der Waals surface area contributed by atoms with Gasteiger partial charge in [0.25, 0.3) is 5.91 Å². The minimum Gasteiger partial charge on any atom is -0.465 e. The van der Waals surface area contributed by atoms with Gasteiger partial charge in [0.1, 0.15) is 22.0 Å². The second kappa shape index (κ2) is 8.85. The van der Waals surface area contributed by atoms with E-state index < -0.39 is 11.9 Å². The number of nitrogens with zero attached hydrogens (tertiary/aromatic N) is 1. The van der Waals surface area contributed by atoms with E-state index in [9.17, 15) is 9.59 Å². The molecule has 0 aliphatic heterocycles. The summed E-state index contributed by atoms with van der Waals surface area (Å²) in [6.45, 7) is 3.85. The van der Waals surface area contributed by atoms with Crippen molar-refractivity contribution in [2.45, 2.75) is 39.5 Å². The molecule has 0 fully saturated rings. The largest absolute Gasteiger partial charge is 0.465 e. The van der Waals surface area contributed by atoms with Crippen LogP contribution in [0.15, 0.2) is 28.8 Å². The Hall–Kier alpha value is -2.64. The van der Waals surface area contributed by atoms with Gasteiger partial charge in [0.15, 0.2) is 0 Å². The van der Waals surface area contributed by atoms with Crippen molar-refractivity contribution in [1.29, 1.82) is 0 Å². The highest BCUT2D eigenvalue weighted by atomic mass is 35.5. The van der Waals surface area contributed by atoms with Crippen LogP contribution in [-0.4, -0.2) is 24.1 Å². The number of halogens is 1. The van der Waals surface area contributed by atoms with Crippen LogP contribution < -0.4 is 5.32 Å². The molecule has 8 heteroatoms. The standard InChI is InChI=1S/C23H23ClN2O4S/c1-4-13-9-10-15-17(11-13)31-22(19(15)23(28)29-3)25-21(27)18-12(2)30-26-20(18)14-7-5-6-8-16(14)24/h5-8,13H,4,9-11H2,1-3H3,(H,25,27)/t13-/m0/s1. The number of aryl methyl sites for hydroxylation is 1. The summed E-state index contributed by atoms with van der Waals surface area (Å²) >= 11 is 7.77. The number of benzene rings is 1. The third-order valence-corrected chi connectivity index (χ3v) is 7.28. The number of thiophene rings is 1. The number of carbonyl (C=O) groups is 2. The van der Waals surface area contributed by atoms with E-state index in [-0.39, 0.29) is 0 Å². The second-order valence-electron chi connectivity index (χ2n) is 7.61. The summed E-state index contributed by atoms with van der Waals surface area (Å²) in [4.78, 5) is 27.0. The van der Waals surface area contributed by atoms with Crippen LogP contribution in [0.5, 0.6) is 0 Å². The van der Waals surface area contributed by atoms with Gasteiger partial charge >= 0.3 is 5.97 Å². The topological polar surface area (TPSA) is 81.4 Å². The van der Waals surface area contributed by atoms with Crippen LogP contribution in [0.3, 0.4) is 0 Å². The van der Waals surface area contributed by atoms with E-state index in [1.165, 1.54) is 18.4 Å². The van der Waals surface area contributed by atoms with E-state index in [1.54, 1.807) is 25.1 Å². The van der Waals surface area contributed by atoms with Crippen molar-refractivity contribution in [3.8, 4) is 11.3 Å². The number of aromatic nitrogens is 1. The van der Waals surface area contributed by atoms with Crippen molar-refractivity contribution in [3.63, 3.8) is 0 Å². The minimum atomic E-state index is -0.434. The maximum absolute atomic E-state index is 13.3. The summed E-state index contributed by atoms with van der Waals surface area (Å²) in [6, 6.07) is 7.14. The highest BCUT2D eigenvalue weighted by Gasteiger charge is 2.31. The zero-order valence-corrected chi connectivity index (χ0v) is 19.2. The van der Waals surface area contributed by atoms with Crippen molar-refractivity contribution < 1.29 is 18.8 Å². The van der Waals surface area contributed by atoms with E-state index in [0.717, 1.165) is 36.1 Å². The van der Waals surface area contributed by atoms with E-state index in [2.05, 4.69) is 17.4 Å². The zero-order chi connectivity index (χ0) is 22.1. The Balaban J connectivity index is 1.72. The molecule has 1 amide bonds. The molecule has 0 saturated heterocycles. The summed E-state index contributed by atoms with van der Waals surface area (Å²) in [5.74, 6) is 0.132. The first-order valence-electron chi connectivity index (χ1n) is 10.2. The van der Waals surface area contributed by atoms with Gasteiger partial charge in [0.05, 0.1) is 17.7 Å². The molecule has 4 rings (SSSR count). The molecule has 1 aromatic carbocycles. The molecule has 2 heterocycles. The van der Waals surface area contributed by atoms with Crippen LogP contribution in [0, 0.1) is 12.8 Å². The Bertz CT molecular complexity index is 1150. The van der Waals surface area contributed by atoms with Crippen LogP contribution in [0.4, 0.5) is 5.00 Å². The number of fused-ring (bicyclic) bond motifs is 1. The van der Waals surface area contributed by atoms with Gasteiger partial charge in [-0.25, -0.2) is 4.79 Å². The number of rotatable bonds is 5. The first-order chi connectivity index (χ1) is 14.9. The number of amides is 1. The SMILES string of the molecule is CC[C@H]1CCc2c(sc(NC(=O)c3c(-c4ccccc4Cl)noc3C)c2C(=O)OC)C1. The molecular weight excluding hydrogens is 436 g/mol. The fourth-order valence-electron chi connectivity index (χ4n) is 4.05. The molecule has 0 bridgehead atoms. The number of nitrogens with one attached hydrogen (secondary N) is 1. The fraction of sp³-hybridized carbons (Fsp3) is 0.348. The number of anilines is 1. The third kappa shape index (κ3) is 4.00. The number of hydrogen-bond acceptors (Lipinski definition) is 6. The highest BCUT2D eigenvalue weighted by Crippen LogP contribution is 2.41. The first-order valence-corrected chi connectivity index (χ1v) is 11.4. The van der Waals surface area contributed by atoms with Crippen LogP contribution in [0.25, 0.3) is 11.3 Å². The Kier molecular flexibility index (Phi) is 6.16. The molecule has 1 aliphatic rings. The van der Waals surface area contributed by atoms with Gasteiger partial charge in [-0.2, -0.15) is 0 Å². The highest BCUT2D eigenvalue weighted by molar-refractivity contribution is 7.17. The third-order valence-electron chi connectivity index (χ3n) is 5.78. The molecule has 31 heavy (non-hydrogen) atoms. The molecule has 1 atom stereocenters. The minimum absolute atomic E-state index is 0.293. The van der Waals surface area contributed by atoms with Gasteiger partial charge < -0.3 is 14.6 Å². The lowest BCUT2D eigenvalue weighted by Gasteiger charge is -2.20. The summed E-state index contributed by atoms with van der Waals surface area (Å²) in [6.07, 6.45) is 3.84. The average molecular weight is 459 g/mol. The summed E-state index contributed by atoms with van der Waals surface area (Å²) in [5.41, 5.74) is 2.72. The smallest absolute Gasteiger partial charge is 0.341 e. The molecular formula is C23H23ClN2O4S. The monoisotopic (exact) mass is 458 g/mol. The van der Waals surface area contributed by atoms with Gasteiger partial charge in [-0.05, 0) is 43.7 Å². The first kappa shape index (κ1) is 21.6. The van der Waals surface area contributed by atoms with E-state index in [1.807, 2.05) is 6.07 Å². The summed E-state index contributed by atoms with van der Waals surface area (Å²) in [5, 5.41) is 7.96. The second-order valence-corrected chi connectivity index (χ2v) is 9.13. The number of ether oxygens (including phenoxy) is 1. The number of methoxy groups -OCH3 is 1. The number of esters is 1. The van der Waals surface area contributed by atoms with Crippen LogP contribution in [0.1, 0.15) is 56.7 Å². The number of carbonyl (C=O) groups excluding carboxylic acids is 2. The van der Waals surface area contributed by atoms with Crippen LogP contribution in [0.2, 0.25) is 5.02 Å². The predicted octanol–water partition coefficient (Wildman–Crippen LogP) is 5.92. The Morgan fingerprint density at radius 3 is 2.81 bits per heavy atom. The molecule has 3 aromatic rings. The lowest BCUT2D eigenvalue weighted by Crippen LogP contribution is -2.17. The summed E-state index contributed by atoms with van der Waals surface area (Å²) in [7, 11) is 1.36. The quantitative estimate of drug-likeness (QED) is 0.480. The maximum atomic E-state index is 13.3. The van der Waals surface area contributed by atoms with Gasteiger partial charge in [0.2, 0.25) is 0 Å². The maximum Gasteiger partial charge on any atom is 0.341 e. The summed E-state index contributed by atoms with van der Waals surface area (Å²) < 4.78 is 10.3. The molecule has 6 nitrogen and oxygen atoms in total. The van der Waals surface area contributed by atoms with Crippen molar-refractivity contribution >= 4 is 39.8 Å². The Morgan fingerprint density at radius 1 is 1.32 bits per heavy atom. The molecule has 0 radical (unpaired) electrons. The van der Waals surface area contributed by atoms with Gasteiger partial charge in [-0.3, -0.25) is 4.79 Å². The van der Waals surface area contributed by atoms with E-state index in [4.69, 9.17) is 20.9 Å². The van der Waals surface area contributed by atoms with E-state index in [0.29, 0.717) is 44.1 Å². The molecule has 0 saturated carbocycles. The molecule has 1 N–H and O–H groups in total. The Morgan fingerprint density at radius 2 is 2.10 bits per heavy atom. The zero-order valence-electron chi connectivity index (χ0n) is 17.6. The molecule has 0 unspecified atom stereocenters. The lowest BCUT2D eigenvalue weighted by molar-refractivity contribution is 0.0601. The fourth-order valence-corrected chi connectivity index (χ4v) is 5.62. The molecule has 2 aromatic heterocycles. The van der Waals surface area contributed by atoms with Gasteiger partial charge in [-0.15, -0.1) is 11.3 Å². The average Bonchev–Trinajstić information content (AvgIpc) is 3.32. The van der Waals surface area contributed by atoms with Gasteiger partial charge in [0, 0.05) is 10.4 Å². The van der Waals surface area contributed by atoms with Crippen LogP contribution in [-0.2, 0) is 17.6 Å². The predicted molar refractivity (Wildman–Crippen MR) is 121 cm³/mol. The van der Waals surface area contributed by atoms with Crippen molar-refractivity contribution in [1.82, 2.24) is 5.16 Å². The number of hydrogen-bond donors (Lipinski definition) is 1. The van der Waals surface area contributed by atoms with Crippen LogP contribution >= 0.6 is 22.9 Å². The normalized spacial score (nSPS) is 15.4. The molecule has 0 spiro atoms. The molecule has 1 aliphatic carbocycles. The van der Waals surface area contributed by atoms with Crippen molar-refractivity contribution in [2.24, 2.45) is 5.92 Å². The lowest BCUT2D eigenvalue weighted by atomic mass is 9.85. The van der Waals surface area contributed by atoms with E-state index >= 15 is 0 Å². The van der Waals surface area contributed by atoms with Crippen molar-refractivity contribution in [3.05, 3.63) is 56.6 Å². The molecule has 162 valence electrons.